The van der Waals surface area contributed by atoms with E-state index in [2.05, 4.69) is 48.0 Å². The number of aryl methyl sites for hydroxylation is 1. The van der Waals surface area contributed by atoms with E-state index >= 15 is 0 Å². The number of piperazine rings is 1. The van der Waals surface area contributed by atoms with Gasteiger partial charge in [0.05, 0.1) is 6.61 Å². The number of hydrogen-bond acceptors (Lipinski definition) is 3. The van der Waals surface area contributed by atoms with Crippen LogP contribution in [0.3, 0.4) is 0 Å². The molecule has 0 saturated carbocycles. The van der Waals surface area contributed by atoms with Crippen LogP contribution in [0.1, 0.15) is 11.1 Å². The third kappa shape index (κ3) is 3.28. The summed E-state index contributed by atoms with van der Waals surface area (Å²) in [6.45, 7) is 6.45. The molecule has 1 aromatic carbocycles. The molecule has 1 fully saturated rings. The van der Waals surface area contributed by atoms with Gasteiger partial charge in [-0.3, -0.25) is 9.80 Å². The molecule has 1 unspecified atom stereocenters. The van der Waals surface area contributed by atoms with Crippen molar-refractivity contribution in [3.8, 4) is 0 Å². The minimum Gasteiger partial charge on any atom is -0.395 e. The van der Waals surface area contributed by atoms with Gasteiger partial charge < -0.3 is 5.11 Å². The second-order valence-corrected chi connectivity index (χ2v) is 5.04. The van der Waals surface area contributed by atoms with Crippen LogP contribution in [0.4, 0.5) is 0 Å². The average molecular weight is 234 g/mol. The lowest BCUT2D eigenvalue weighted by Gasteiger charge is -2.38. The highest BCUT2D eigenvalue weighted by atomic mass is 16.3. The van der Waals surface area contributed by atoms with Gasteiger partial charge in [-0.1, -0.05) is 29.8 Å². The standard InChI is InChI=1S/C14H22N2O/c1-12-4-3-5-13(8-12)9-16-7-6-15(2)14(10-16)11-17/h3-5,8,14,17H,6-7,9-11H2,1-2H3. The predicted octanol–water partition coefficient (Wildman–Crippen LogP) is 1.10. The normalized spacial score (nSPS) is 22.9. The van der Waals surface area contributed by atoms with Crippen LogP contribution in [0, 0.1) is 6.92 Å². The summed E-state index contributed by atoms with van der Waals surface area (Å²) in [7, 11) is 2.09. The summed E-state index contributed by atoms with van der Waals surface area (Å²) in [5.74, 6) is 0. The Morgan fingerprint density at radius 1 is 1.35 bits per heavy atom. The molecule has 2 rings (SSSR count). The van der Waals surface area contributed by atoms with Crippen molar-refractivity contribution in [2.75, 3.05) is 33.3 Å². The molecule has 0 bridgehead atoms. The first-order valence-electron chi connectivity index (χ1n) is 6.28. The minimum atomic E-state index is 0.251. The predicted molar refractivity (Wildman–Crippen MR) is 70.0 cm³/mol. The van der Waals surface area contributed by atoms with Gasteiger partial charge in [-0.05, 0) is 19.5 Å². The summed E-state index contributed by atoms with van der Waals surface area (Å²) in [5, 5.41) is 9.32. The van der Waals surface area contributed by atoms with E-state index in [1.165, 1.54) is 11.1 Å². The topological polar surface area (TPSA) is 26.7 Å². The van der Waals surface area contributed by atoms with Crippen LogP contribution in [0.25, 0.3) is 0 Å². The van der Waals surface area contributed by atoms with E-state index in [9.17, 15) is 5.11 Å². The molecule has 1 aliphatic rings. The number of nitrogens with zero attached hydrogens (tertiary/aromatic N) is 2. The maximum absolute atomic E-state index is 9.32. The first-order valence-corrected chi connectivity index (χ1v) is 6.28. The molecule has 1 heterocycles. The zero-order valence-electron chi connectivity index (χ0n) is 10.8. The molecule has 1 atom stereocenters. The fourth-order valence-electron chi connectivity index (χ4n) is 2.42. The van der Waals surface area contributed by atoms with Crippen molar-refractivity contribution >= 4 is 0 Å². The van der Waals surface area contributed by atoms with Gasteiger partial charge in [-0.2, -0.15) is 0 Å². The second kappa shape index (κ2) is 5.63. The number of rotatable bonds is 3. The molecule has 0 radical (unpaired) electrons. The summed E-state index contributed by atoms with van der Waals surface area (Å²) >= 11 is 0. The number of likely N-dealkylation sites (N-methyl/N-ethyl adjacent to an activating group) is 1. The molecule has 3 nitrogen and oxygen atoms in total. The van der Waals surface area contributed by atoms with Crippen molar-refractivity contribution < 1.29 is 5.11 Å². The second-order valence-electron chi connectivity index (χ2n) is 5.04. The highest BCUT2D eigenvalue weighted by Gasteiger charge is 2.23. The Labute approximate surface area is 104 Å². The van der Waals surface area contributed by atoms with E-state index in [1.807, 2.05) is 0 Å². The fourth-order valence-corrected chi connectivity index (χ4v) is 2.42. The average Bonchev–Trinajstić information content (AvgIpc) is 2.32. The zero-order chi connectivity index (χ0) is 12.3. The lowest BCUT2D eigenvalue weighted by atomic mass is 10.1. The first kappa shape index (κ1) is 12.6. The Morgan fingerprint density at radius 2 is 2.18 bits per heavy atom. The molecule has 1 saturated heterocycles. The van der Waals surface area contributed by atoms with E-state index in [4.69, 9.17) is 0 Å². The Balaban J connectivity index is 1.95. The third-order valence-corrected chi connectivity index (χ3v) is 3.56. The van der Waals surface area contributed by atoms with Crippen molar-refractivity contribution in [1.82, 2.24) is 9.80 Å². The third-order valence-electron chi connectivity index (χ3n) is 3.56. The first-order chi connectivity index (χ1) is 8.19. The molecule has 1 N–H and O–H groups in total. The zero-order valence-corrected chi connectivity index (χ0v) is 10.8. The van der Waals surface area contributed by atoms with Gasteiger partial charge in [0.25, 0.3) is 0 Å². The lowest BCUT2D eigenvalue weighted by Crippen LogP contribution is -2.52. The molecular formula is C14H22N2O. The summed E-state index contributed by atoms with van der Waals surface area (Å²) in [4.78, 5) is 4.67. The van der Waals surface area contributed by atoms with Gasteiger partial charge in [-0.15, -0.1) is 0 Å². The van der Waals surface area contributed by atoms with E-state index in [0.29, 0.717) is 0 Å². The van der Waals surface area contributed by atoms with E-state index in [1.54, 1.807) is 0 Å². The quantitative estimate of drug-likeness (QED) is 0.848. The largest absolute Gasteiger partial charge is 0.395 e. The van der Waals surface area contributed by atoms with Gasteiger partial charge in [0.2, 0.25) is 0 Å². The van der Waals surface area contributed by atoms with Crippen molar-refractivity contribution in [1.29, 1.82) is 0 Å². The summed E-state index contributed by atoms with van der Waals surface area (Å²) in [6.07, 6.45) is 0. The van der Waals surface area contributed by atoms with Gasteiger partial charge in [0.1, 0.15) is 0 Å². The summed E-state index contributed by atoms with van der Waals surface area (Å²) < 4.78 is 0. The van der Waals surface area contributed by atoms with Crippen molar-refractivity contribution in [3.05, 3.63) is 35.4 Å². The molecular weight excluding hydrogens is 212 g/mol. The lowest BCUT2D eigenvalue weighted by molar-refractivity contribution is 0.0540. The van der Waals surface area contributed by atoms with Crippen LogP contribution in [0.2, 0.25) is 0 Å². The van der Waals surface area contributed by atoms with Crippen LogP contribution in [0.5, 0.6) is 0 Å². The minimum absolute atomic E-state index is 0.251. The smallest absolute Gasteiger partial charge is 0.0599 e. The van der Waals surface area contributed by atoms with Gasteiger partial charge in [0, 0.05) is 32.2 Å². The SMILES string of the molecule is Cc1cccc(CN2CCN(C)C(CO)C2)c1. The number of aliphatic hydroxyl groups excluding tert-OH is 1. The van der Waals surface area contributed by atoms with E-state index in [0.717, 1.165) is 26.2 Å². The van der Waals surface area contributed by atoms with Crippen LogP contribution in [-0.2, 0) is 6.54 Å². The van der Waals surface area contributed by atoms with Crippen LogP contribution in [-0.4, -0.2) is 54.2 Å². The van der Waals surface area contributed by atoms with Gasteiger partial charge in [-0.25, -0.2) is 0 Å². The Hall–Kier alpha value is -0.900. The number of aliphatic hydroxyl groups is 1. The Morgan fingerprint density at radius 3 is 2.88 bits per heavy atom. The molecule has 0 spiro atoms. The van der Waals surface area contributed by atoms with Crippen molar-refractivity contribution in [2.45, 2.75) is 19.5 Å². The maximum Gasteiger partial charge on any atom is 0.0599 e. The van der Waals surface area contributed by atoms with Gasteiger partial charge in [0.15, 0.2) is 0 Å². The molecule has 1 aromatic rings. The summed E-state index contributed by atoms with van der Waals surface area (Å²) in [6, 6.07) is 8.95. The molecule has 3 heteroatoms. The number of benzene rings is 1. The molecule has 0 aromatic heterocycles. The van der Waals surface area contributed by atoms with E-state index in [-0.39, 0.29) is 12.6 Å². The van der Waals surface area contributed by atoms with E-state index < -0.39 is 0 Å². The van der Waals surface area contributed by atoms with Gasteiger partial charge >= 0.3 is 0 Å². The van der Waals surface area contributed by atoms with Crippen LogP contribution in [0.15, 0.2) is 24.3 Å². The highest BCUT2D eigenvalue weighted by molar-refractivity contribution is 5.22. The molecule has 17 heavy (non-hydrogen) atoms. The molecule has 1 aliphatic heterocycles. The summed E-state index contributed by atoms with van der Waals surface area (Å²) in [5.41, 5.74) is 2.68. The molecule has 94 valence electrons. The highest BCUT2D eigenvalue weighted by Crippen LogP contribution is 2.12. The fraction of sp³-hybridized carbons (Fsp3) is 0.571. The maximum atomic E-state index is 9.32. The molecule has 0 amide bonds. The van der Waals surface area contributed by atoms with Crippen LogP contribution < -0.4 is 0 Å². The Kier molecular flexibility index (Phi) is 4.15. The molecule has 0 aliphatic carbocycles. The Bertz CT molecular complexity index is 367. The monoisotopic (exact) mass is 234 g/mol. The van der Waals surface area contributed by atoms with Crippen molar-refractivity contribution in [2.24, 2.45) is 0 Å². The van der Waals surface area contributed by atoms with Crippen molar-refractivity contribution in [3.63, 3.8) is 0 Å². The van der Waals surface area contributed by atoms with Crippen LogP contribution >= 0.6 is 0 Å². The number of hydrogen-bond donors (Lipinski definition) is 1.